The van der Waals surface area contributed by atoms with E-state index in [-0.39, 0.29) is 17.9 Å². The van der Waals surface area contributed by atoms with Crippen molar-refractivity contribution in [2.45, 2.75) is 32.8 Å². The lowest BCUT2D eigenvalue weighted by molar-refractivity contribution is -0.147. The number of benzene rings is 1. The van der Waals surface area contributed by atoms with Gasteiger partial charge in [-0.05, 0) is 24.1 Å². The number of hydrogen-bond donors (Lipinski definition) is 0. The number of esters is 1. The molecule has 0 heterocycles. The van der Waals surface area contributed by atoms with Gasteiger partial charge in [0.05, 0.1) is 0 Å². The summed E-state index contributed by atoms with van der Waals surface area (Å²) in [4.78, 5) is 10.9. The van der Waals surface area contributed by atoms with Gasteiger partial charge in [0.25, 0.3) is 0 Å². The maximum absolute atomic E-state index is 12.7. The standard InChI is InChI=1S/C12H15FO2/c1-3-4-12(15-9(2)14)10-5-7-11(13)8-6-10/h5-8,12H,3-4H2,1-2H3/t12-/m0/s1. The molecule has 0 radical (unpaired) electrons. The molecule has 1 atom stereocenters. The molecule has 1 rings (SSSR count). The molecule has 82 valence electrons. The van der Waals surface area contributed by atoms with Crippen LogP contribution < -0.4 is 0 Å². The second-order valence-electron chi connectivity index (χ2n) is 3.44. The van der Waals surface area contributed by atoms with E-state index in [0.29, 0.717) is 0 Å². The second kappa shape index (κ2) is 5.49. The van der Waals surface area contributed by atoms with Crippen molar-refractivity contribution in [2.75, 3.05) is 0 Å². The third kappa shape index (κ3) is 3.70. The molecular weight excluding hydrogens is 195 g/mol. The van der Waals surface area contributed by atoms with E-state index in [4.69, 9.17) is 4.74 Å². The van der Waals surface area contributed by atoms with E-state index in [9.17, 15) is 9.18 Å². The number of rotatable bonds is 4. The van der Waals surface area contributed by atoms with Crippen molar-refractivity contribution < 1.29 is 13.9 Å². The Morgan fingerprint density at radius 1 is 1.40 bits per heavy atom. The van der Waals surface area contributed by atoms with Crippen molar-refractivity contribution >= 4 is 5.97 Å². The van der Waals surface area contributed by atoms with Crippen molar-refractivity contribution in [3.63, 3.8) is 0 Å². The molecule has 0 N–H and O–H groups in total. The first-order valence-corrected chi connectivity index (χ1v) is 5.06. The lowest BCUT2D eigenvalue weighted by Crippen LogP contribution is -2.08. The summed E-state index contributed by atoms with van der Waals surface area (Å²) in [6, 6.07) is 6.06. The van der Waals surface area contributed by atoms with Crippen molar-refractivity contribution in [1.82, 2.24) is 0 Å². The van der Waals surface area contributed by atoms with Crippen LogP contribution in [0.5, 0.6) is 0 Å². The van der Waals surface area contributed by atoms with Gasteiger partial charge >= 0.3 is 5.97 Å². The largest absolute Gasteiger partial charge is 0.458 e. The van der Waals surface area contributed by atoms with Crippen LogP contribution in [-0.2, 0) is 9.53 Å². The molecule has 2 nitrogen and oxygen atoms in total. The summed E-state index contributed by atoms with van der Waals surface area (Å²) < 4.78 is 17.8. The maximum atomic E-state index is 12.7. The Balaban J connectivity index is 2.78. The number of carbonyl (C=O) groups is 1. The topological polar surface area (TPSA) is 26.3 Å². The predicted molar refractivity (Wildman–Crippen MR) is 55.8 cm³/mol. The van der Waals surface area contributed by atoms with E-state index in [2.05, 4.69) is 0 Å². The zero-order valence-corrected chi connectivity index (χ0v) is 9.00. The first-order chi connectivity index (χ1) is 7.13. The zero-order chi connectivity index (χ0) is 11.3. The van der Waals surface area contributed by atoms with Crippen LogP contribution >= 0.6 is 0 Å². The summed E-state index contributed by atoms with van der Waals surface area (Å²) in [7, 11) is 0. The van der Waals surface area contributed by atoms with E-state index in [1.165, 1.54) is 19.1 Å². The lowest BCUT2D eigenvalue weighted by Gasteiger charge is -2.16. The first kappa shape index (κ1) is 11.7. The van der Waals surface area contributed by atoms with Gasteiger partial charge in [0, 0.05) is 6.92 Å². The lowest BCUT2D eigenvalue weighted by atomic mass is 10.1. The average Bonchev–Trinajstić information content (AvgIpc) is 2.17. The van der Waals surface area contributed by atoms with Gasteiger partial charge in [-0.25, -0.2) is 4.39 Å². The Labute approximate surface area is 89.1 Å². The quantitative estimate of drug-likeness (QED) is 0.713. The summed E-state index contributed by atoms with van der Waals surface area (Å²) in [5.74, 6) is -0.588. The third-order valence-corrected chi connectivity index (χ3v) is 2.10. The number of hydrogen-bond acceptors (Lipinski definition) is 2. The van der Waals surface area contributed by atoms with Gasteiger partial charge in [0.1, 0.15) is 11.9 Å². The SMILES string of the molecule is CCC[C@H](OC(C)=O)c1ccc(F)cc1. The molecule has 15 heavy (non-hydrogen) atoms. The predicted octanol–water partition coefficient (Wildman–Crippen LogP) is 3.23. The molecule has 0 aromatic heterocycles. The fourth-order valence-electron chi connectivity index (χ4n) is 1.43. The number of ether oxygens (including phenoxy) is 1. The zero-order valence-electron chi connectivity index (χ0n) is 9.00. The minimum Gasteiger partial charge on any atom is -0.458 e. The van der Waals surface area contributed by atoms with Crippen LogP contribution in [0, 0.1) is 5.82 Å². The summed E-state index contributed by atoms with van der Waals surface area (Å²) >= 11 is 0. The second-order valence-corrected chi connectivity index (χ2v) is 3.44. The Kier molecular flexibility index (Phi) is 4.28. The molecule has 1 aromatic carbocycles. The smallest absolute Gasteiger partial charge is 0.303 e. The number of carbonyl (C=O) groups excluding carboxylic acids is 1. The molecule has 0 aliphatic rings. The first-order valence-electron chi connectivity index (χ1n) is 5.06. The molecule has 0 spiro atoms. The molecule has 0 aliphatic carbocycles. The molecule has 0 saturated heterocycles. The van der Waals surface area contributed by atoms with Gasteiger partial charge in [-0.3, -0.25) is 4.79 Å². The highest BCUT2D eigenvalue weighted by atomic mass is 19.1. The fourth-order valence-corrected chi connectivity index (χ4v) is 1.43. The fraction of sp³-hybridized carbons (Fsp3) is 0.417. The minimum atomic E-state index is -0.308. The van der Waals surface area contributed by atoms with Gasteiger partial charge in [0.15, 0.2) is 0 Å². The van der Waals surface area contributed by atoms with Crippen molar-refractivity contribution in [3.05, 3.63) is 35.6 Å². The average molecular weight is 210 g/mol. The Hall–Kier alpha value is -1.38. The summed E-state index contributed by atoms with van der Waals surface area (Å²) in [5.41, 5.74) is 0.841. The van der Waals surface area contributed by atoms with Crippen LogP contribution in [0.15, 0.2) is 24.3 Å². The molecule has 1 aromatic rings. The Bertz CT molecular complexity index is 319. The minimum absolute atomic E-state index is 0.256. The van der Waals surface area contributed by atoms with Crippen LogP contribution in [0.2, 0.25) is 0 Å². The van der Waals surface area contributed by atoms with Crippen molar-refractivity contribution in [2.24, 2.45) is 0 Å². The summed E-state index contributed by atoms with van der Waals surface area (Å²) in [6.07, 6.45) is 1.41. The van der Waals surface area contributed by atoms with Crippen LogP contribution in [0.3, 0.4) is 0 Å². The van der Waals surface area contributed by atoms with Gasteiger partial charge < -0.3 is 4.74 Å². The maximum Gasteiger partial charge on any atom is 0.303 e. The molecule has 3 heteroatoms. The third-order valence-electron chi connectivity index (χ3n) is 2.10. The molecule has 0 aliphatic heterocycles. The molecule has 0 saturated carbocycles. The number of halogens is 1. The molecule has 0 bridgehead atoms. The van der Waals surface area contributed by atoms with Crippen molar-refractivity contribution in [3.8, 4) is 0 Å². The van der Waals surface area contributed by atoms with Gasteiger partial charge in [-0.1, -0.05) is 25.5 Å². The van der Waals surface area contributed by atoms with E-state index in [1.807, 2.05) is 6.92 Å². The van der Waals surface area contributed by atoms with Gasteiger partial charge in [0.2, 0.25) is 0 Å². The summed E-state index contributed by atoms with van der Waals surface area (Å²) in [6.45, 7) is 3.40. The Morgan fingerprint density at radius 2 is 2.00 bits per heavy atom. The summed E-state index contributed by atoms with van der Waals surface area (Å²) in [5, 5.41) is 0. The van der Waals surface area contributed by atoms with Crippen LogP contribution in [0.1, 0.15) is 38.4 Å². The van der Waals surface area contributed by atoms with Crippen LogP contribution in [0.4, 0.5) is 4.39 Å². The van der Waals surface area contributed by atoms with Crippen LogP contribution in [0.25, 0.3) is 0 Å². The van der Waals surface area contributed by atoms with E-state index in [1.54, 1.807) is 12.1 Å². The van der Waals surface area contributed by atoms with E-state index in [0.717, 1.165) is 18.4 Å². The monoisotopic (exact) mass is 210 g/mol. The molecule has 0 amide bonds. The van der Waals surface area contributed by atoms with Crippen LogP contribution in [-0.4, -0.2) is 5.97 Å². The van der Waals surface area contributed by atoms with E-state index >= 15 is 0 Å². The van der Waals surface area contributed by atoms with E-state index < -0.39 is 0 Å². The van der Waals surface area contributed by atoms with Gasteiger partial charge in [-0.2, -0.15) is 0 Å². The highest BCUT2D eigenvalue weighted by Crippen LogP contribution is 2.22. The molecule has 0 unspecified atom stereocenters. The molecule has 0 fully saturated rings. The highest BCUT2D eigenvalue weighted by Gasteiger charge is 2.13. The van der Waals surface area contributed by atoms with Gasteiger partial charge in [-0.15, -0.1) is 0 Å². The highest BCUT2D eigenvalue weighted by molar-refractivity contribution is 5.66. The van der Waals surface area contributed by atoms with Crippen molar-refractivity contribution in [1.29, 1.82) is 0 Å². The normalized spacial score (nSPS) is 12.2. The Morgan fingerprint density at radius 3 is 2.47 bits per heavy atom. The molecular formula is C12H15FO2.